The van der Waals surface area contributed by atoms with Crippen molar-refractivity contribution in [2.45, 2.75) is 32.4 Å². The van der Waals surface area contributed by atoms with Gasteiger partial charge in [-0.05, 0) is 25.5 Å². The van der Waals surface area contributed by atoms with Crippen molar-refractivity contribution in [1.29, 1.82) is 0 Å². The van der Waals surface area contributed by atoms with Crippen molar-refractivity contribution in [3.05, 3.63) is 34.4 Å². The van der Waals surface area contributed by atoms with E-state index < -0.39 is 35.4 Å². The van der Waals surface area contributed by atoms with E-state index in [-0.39, 0.29) is 24.0 Å². The highest BCUT2D eigenvalue weighted by Crippen LogP contribution is 2.26. The number of fused-ring (bicyclic) bond motifs is 1. The van der Waals surface area contributed by atoms with E-state index in [9.17, 15) is 23.6 Å². The molecule has 0 aliphatic carbocycles. The molecule has 1 aromatic heterocycles. The molecule has 0 saturated carbocycles. The number of aromatic nitrogens is 1. The molecule has 1 aliphatic heterocycles. The highest BCUT2D eigenvalue weighted by Gasteiger charge is 2.19. The number of pyridine rings is 1. The average Bonchev–Trinajstić information content (AvgIpc) is 2.79. The average molecular weight is 482 g/mol. The molecule has 0 spiro atoms. The Hall–Kier alpha value is -3.71. The standard InChI is InChI=1S/C16H18FN3O4.C5H9NO4/c1-2-19-9-14(24-16(22)23)15(21)10-7-11(17)13(8-12(10)19)20-5-3-18-4-6-20;6-3(5(9)10)1-2-4(7)8/h7-9,18H,2-6H2,1H3,(H,22,23);3H,1-2,6H2,(H,7,8)(H,9,10)/t;3-/m.0/s1. The molecule has 0 unspecified atom stereocenters. The molecular formula is C21H27FN4O8. The Morgan fingerprint density at radius 2 is 1.85 bits per heavy atom. The van der Waals surface area contributed by atoms with Gasteiger partial charge in [0.25, 0.3) is 0 Å². The number of carbonyl (C=O) groups is 3. The van der Waals surface area contributed by atoms with Crippen LogP contribution in [-0.4, -0.2) is 70.2 Å². The van der Waals surface area contributed by atoms with Crippen molar-refractivity contribution in [3.63, 3.8) is 0 Å². The van der Waals surface area contributed by atoms with Crippen LogP contribution < -0.4 is 26.1 Å². The van der Waals surface area contributed by atoms with E-state index in [0.29, 0.717) is 30.8 Å². The number of benzene rings is 1. The molecule has 12 nitrogen and oxygen atoms in total. The molecule has 3 rings (SSSR count). The lowest BCUT2D eigenvalue weighted by molar-refractivity contribution is -0.139. The summed E-state index contributed by atoms with van der Waals surface area (Å²) in [7, 11) is 0. The number of nitrogens with one attached hydrogen (secondary N) is 1. The molecule has 1 aromatic carbocycles. The maximum Gasteiger partial charge on any atom is 0.511 e. The van der Waals surface area contributed by atoms with Crippen LogP contribution in [0.1, 0.15) is 19.8 Å². The van der Waals surface area contributed by atoms with Crippen LogP contribution in [0.5, 0.6) is 5.75 Å². The third-order valence-electron chi connectivity index (χ3n) is 5.10. The summed E-state index contributed by atoms with van der Waals surface area (Å²) in [4.78, 5) is 44.9. The molecule has 34 heavy (non-hydrogen) atoms. The van der Waals surface area contributed by atoms with Gasteiger partial charge in [0.05, 0.1) is 22.8 Å². The topological polar surface area (TPSA) is 184 Å². The number of aliphatic carboxylic acids is 2. The van der Waals surface area contributed by atoms with Crippen molar-refractivity contribution in [2.75, 3.05) is 31.1 Å². The fourth-order valence-electron chi connectivity index (χ4n) is 3.35. The molecule has 186 valence electrons. The number of hydrogen-bond donors (Lipinski definition) is 5. The summed E-state index contributed by atoms with van der Waals surface area (Å²) < 4.78 is 20.8. The van der Waals surface area contributed by atoms with Gasteiger partial charge < -0.3 is 40.6 Å². The van der Waals surface area contributed by atoms with E-state index in [2.05, 4.69) is 10.1 Å². The molecule has 0 amide bonds. The van der Waals surface area contributed by atoms with Gasteiger partial charge in [0.15, 0.2) is 5.75 Å². The van der Waals surface area contributed by atoms with Gasteiger partial charge >= 0.3 is 18.1 Å². The second-order valence-corrected chi connectivity index (χ2v) is 7.41. The number of hydrogen-bond acceptors (Lipinski definition) is 8. The summed E-state index contributed by atoms with van der Waals surface area (Å²) in [6.07, 6.45) is -0.455. The second kappa shape index (κ2) is 12.0. The first-order chi connectivity index (χ1) is 16.0. The van der Waals surface area contributed by atoms with Crippen LogP contribution in [0.3, 0.4) is 0 Å². The van der Waals surface area contributed by atoms with Gasteiger partial charge in [-0.25, -0.2) is 9.18 Å². The summed E-state index contributed by atoms with van der Waals surface area (Å²) in [5.74, 6) is -3.03. The lowest BCUT2D eigenvalue weighted by Crippen LogP contribution is -2.43. The predicted octanol–water partition coefficient (Wildman–Crippen LogP) is 0.890. The van der Waals surface area contributed by atoms with Crippen LogP contribution in [0.15, 0.2) is 23.1 Å². The second-order valence-electron chi connectivity index (χ2n) is 7.41. The third-order valence-corrected chi connectivity index (χ3v) is 5.10. The maximum atomic E-state index is 14.5. The number of ether oxygens (including phenoxy) is 1. The number of anilines is 1. The van der Waals surface area contributed by atoms with Gasteiger partial charge in [-0.1, -0.05) is 0 Å². The number of carboxylic acids is 2. The van der Waals surface area contributed by atoms with Gasteiger partial charge in [-0.3, -0.25) is 14.4 Å². The van der Waals surface area contributed by atoms with Crippen LogP contribution >= 0.6 is 0 Å². The number of carboxylic acid groups (broad SMARTS) is 3. The minimum atomic E-state index is -1.58. The number of piperazine rings is 1. The molecule has 6 N–H and O–H groups in total. The van der Waals surface area contributed by atoms with Crippen molar-refractivity contribution >= 4 is 34.7 Å². The number of aryl methyl sites for hydroxylation is 1. The van der Waals surface area contributed by atoms with Gasteiger partial charge in [-0.15, -0.1) is 0 Å². The summed E-state index contributed by atoms with van der Waals surface area (Å²) in [5.41, 5.74) is 5.36. The summed E-state index contributed by atoms with van der Waals surface area (Å²) >= 11 is 0. The Kier molecular flexibility index (Phi) is 9.33. The van der Waals surface area contributed by atoms with Crippen LogP contribution in [0.4, 0.5) is 14.9 Å². The number of nitrogens with two attached hydrogens (primary N) is 1. The van der Waals surface area contributed by atoms with Crippen LogP contribution in [0.2, 0.25) is 0 Å². The maximum absolute atomic E-state index is 14.5. The zero-order chi connectivity index (χ0) is 25.4. The SMILES string of the molecule is CCn1cc(OC(=O)O)c(=O)c2cc(F)c(N3CCNCC3)cc21.N[C@@H](CCC(=O)O)C(=O)O. The molecule has 1 fully saturated rings. The van der Waals surface area contributed by atoms with Crippen LogP contribution in [0.25, 0.3) is 10.9 Å². The molecule has 13 heteroatoms. The van der Waals surface area contributed by atoms with E-state index in [0.717, 1.165) is 19.2 Å². The molecule has 1 saturated heterocycles. The molecular weight excluding hydrogens is 455 g/mol. The zero-order valence-electron chi connectivity index (χ0n) is 18.5. The Bertz CT molecular complexity index is 1110. The molecule has 0 bridgehead atoms. The first-order valence-electron chi connectivity index (χ1n) is 10.5. The summed E-state index contributed by atoms with van der Waals surface area (Å²) in [6, 6.07) is 1.75. The van der Waals surface area contributed by atoms with Gasteiger partial charge in [0, 0.05) is 39.1 Å². The lowest BCUT2D eigenvalue weighted by Gasteiger charge is -2.30. The Balaban J connectivity index is 0.000000347. The normalized spacial score (nSPS) is 14.1. The minimum absolute atomic E-state index is 0.0231. The Labute approximate surface area is 193 Å². The van der Waals surface area contributed by atoms with E-state index >= 15 is 0 Å². The number of nitrogens with zero attached hydrogens (tertiary/aromatic N) is 2. The number of rotatable bonds is 7. The lowest BCUT2D eigenvalue weighted by atomic mass is 10.1. The fourth-order valence-corrected chi connectivity index (χ4v) is 3.35. The van der Waals surface area contributed by atoms with Crippen molar-refractivity contribution in [3.8, 4) is 5.75 Å². The fraction of sp³-hybridized carbons (Fsp3) is 0.429. The Morgan fingerprint density at radius 1 is 1.21 bits per heavy atom. The summed E-state index contributed by atoms with van der Waals surface area (Å²) in [6.45, 7) is 5.23. The Morgan fingerprint density at radius 3 is 2.38 bits per heavy atom. The molecule has 1 atom stereocenters. The monoisotopic (exact) mass is 482 g/mol. The largest absolute Gasteiger partial charge is 0.511 e. The van der Waals surface area contributed by atoms with Crippen molar-refractivity contribution in [1.82, 2.24) is 9.88 Å². The van der Waals surface area contributed by atoms with E-state index in [1.165, 1.54) is 6.20 Å². The summed E-state index contributed by atoms with van der Waals surface area (Å²) in [5, 5.41) is 28.3. The first-order valence-corrected chi connectivity index (χ1v) is 10.5. The molecule has 2 heterocycles. The molecule has 2 aromatic rings. The van der Waals surface area contributed by atoms with Gasteiger partial charge in [-0.2, -0.15) is 0 Å². The predicted molar refractivity (Wildman–Crippen MR) is 120 cm³/mol. The molecule has 1 aliphatic rings. The molecule has 0 radical (unpaired) electrons. The van der Waals surface area contributed by atoms with E-state index in [4.69, 9.17) is 21.1 Å². The third kappa shape index (κ3) is 6.89. The highest BCUT2D eigenvalue weighted by molar-refractivity contribution is 5.85. The van der Waals surface area contributed by atoms with Crippen molar-refractivity contribution < 1.29 is 38.8 Å². The smallest absolute Gasteiger partial charge is 0.481 e. The zero-order valence-corrected chi connectivity index (χ0v) is 18.5. The van der Waals surface area contributed by atoms with Crippen LogP contribution in [-0.2, 0) is 16.1 Å². The van der Waals surface area contributed by atoms with Gasteiger partial charge in [0.1, 0.15) is 11.9 Å². The highest BCUT2D eigenvalue weighted by atomic mass is 19.1. The van der Waals surface area contributed by atoms with E-state index in [1.807, 2.05) is 11.8 Å². The first kappa shape index (κ1) is 26.5. The van der Waals surface area contributed by atoms with E-state index in [1.54, 1.807) is 10.6 Å². The number of halogens is 1. The van der Waals surface area contributed by atoms with Crippen molar-refractivity contribution in [2.24, 2.45) is 5.73 Å². The van der Waals surface area contributed by atoms with Gasteiger partial charge in [0.2, 0.25) is 5.43 Å². The quantitative estimate of drug-likeness (QED) is 0.353. The minimum Gasteiger partial charge on any atom is -0.481 e. The van der Waals surface area contributed by atoms with Crippen LogP contribution in [0, 0.1) is 5.82 Å².